The summed E-state index contributed by atoms with van der Waals surface area (Å²) >= 11 is 1.19. The molecular formula is C17H15F3N2O5S. The Morgan fingerprint density at radius 3 is 2.50 bits per heavy atom. The van der Waals surface area contributed by atoms with Gasteiger partial charge in [0.2, 0.25) is 0 Å². The molecule has 0 saturated carbocycles. The van der Waals surface area contributed by atoms with Gasteiger partial charge in [0, 0.05) is 17.0 Å². The molecule has 2 aromatic rings. The van der Waals surface area contributed by atoms with E-state index in [-0.39, 0.29) is 4.88 Å². The molecule has 0 spiro atoms. The van der Waals surface area contributed by atoms with Crippen molar-refractivity contribution >= 4 is 34.6 Å². The van der Waals surface area contributed by atoms with E-state index in [9.17, 15) is 32.9 Å². The number of ether oxygens (including phenoxy) is 1. The zero-order chi connectivity index (χ0) is 21.1. The summed E-state index contributed by atoms with van der Waals surface area (Å²) in [5, 5.41) is 12.6. The Bertz CT molecular complexity index is 924. The standard InChI is InChI=1S/C17H15F3N2O5S/c1-3-10-6-14(28-9(10)2)16(24)27-8-15(23)21-13-5-4-11(22(25)26)7-12(13)17(18,19)20/h4-7H,3,8H2,1-2H3,(H,21,23). The number of hydrogen-bond acceptors (Lipinski definition) is 6. The fraction of sp³-hybridized carbons (Fsp3) is 0.294. The number of amides is 1. The third kappa shape index (κ3) is 5.06. The number of hydrogen-bond donors (Lipinski definition) is 1. The van der Waals surface area contributed by atoms with Crippen LogP contribution in [0.1, 0.15) is 32.6 Å². The second-order valence-corrected chi connectivity index (χ2v) is 6.91. The predicted octanol–water partition coefficient (Wildman–Crippen LogP) is 4.34. The first-order valence-electron chi connectivity index (χ1n) is 7.94. The Morgan fingerprint density at radius 2 is 1.96 bits per heavy atom. The van der Waals surface area contributed by atoms with E-state index in [2.05, 4.69) is 0 Å². The first-order chi connectivity index (χ1) is 13.0. The first kappa shape index (κ1) is 21.4. The maximum absolute atomic E-state index is 13.1. The van der Waals surface area contributed by atoms with E-state index in [1.807, 2.05) is 19.2 Å². The van der Waals surface area contributed by atoms with Crippen LogP contribution in [0.15, 0.2) is 24.3 Å². The number of nitrogens with zero attached hydrogens (tertiary/aromatic N) is 1. The molecule has 28 heavy (non-hydrogen) atoms. The van der Waals surface area contributed by atoms with Gasteiger partial charge in [-0.15, -0.1) is 11.3 Å². The van der Waals surface area contributed by atoms with E-state index in [1.54, 1.807) is 6.07 Å². The van der Waals surface area contributed by atoms with E-state index >= 15 is 0 Å². The number of nitro benzene ring substituents is 1. The number of esters is 1. The zero-order valence-corrected chi connectivity index (χ0v) is 15.6. The number of benzene rings is 1. The summed E-state index contributed by atoms with van der Waals surface area (Å²) in [5.74, 6) is -1.76. The Balaban J connectivity index is 2.08. The summed E-state index contributed by atoms with van der Waals surface area (Å²) in [5.41, 5.74) is -1.85. The molecule has 7 nitrogen and oxygen atoms in total. The van der Waals surface area contributed by atoms with Crippen molar-refractivity contribution in [3.05, 3.63) is 55.3 Å². The van der Waals surface area contributed by atoms with Crippen molar-refractivity contribution in [2.75, 3.05) is 11.9 Å². The van der Waals surface area contributed by atoms with Crippen molar-refractivity contribution in [3.63, 3.8) is 0 Å². The first-order valence-corrected chi connectivity index (χ1v) is 8.76. The van der Waals surface area contributed by atoms with E-state index in [1.165, 1.54) is 11.3 Å². The number of anilines is 1. The molecule has 0 bridgehead atoms. The molecule has 150 valence electrons. The lowest BCUT2D eigenvalue weighted by Gasteiger charge is -2.13. The molecule has 1 amide bonds. The van der Waals surface area contributed by atoms with Gasteiger partial charge < -0.3 is 10.1 Å². The Hall–Kier alpha value is -2.95. The average Bonchev–Trinajstić information content (AvgIpc) is 2.99. The highest BCUT2D eigenvalue weighted by atomic mass is 32.1. The highest BCUT2D eigenvalue weighted by Crippen LogP contribution is 2.37. The Morgan fingerprint density at radius 1 is 1.29 bits per heavy atom. The van der Waals surface area contributed by atoms with Crippen LogP contribution in [0, 0.1) is 17.0 Å². The van der Waals surface area contributed by atoms with Crippen molar-refractivity contribution in [2.45, 2.75) is 26.4 Å². The number of thiophene rings is 1. The number of alkyl halides is 3. The van der Waals surface area contributed by atoms with Crippen LogP contribution in [0.25, 0.3) is 0 Å². The molecule has 0 atom stereocenters. The van der Waals surface area contributed by atoms with Crippen LogP contribution in [0.4, 0.5) is 24.5 Å². The van der Waals surface area contributed by atoms with Crippen LogP contribution >= 0.6 is 11.3 Å². The van der Waals surface area contributed by atoms with Crippen LogP contribution in [0.5, 0.6) is 0 Å². The van der Waals surface area contributed by atoms with Gasteiger partial charge in [-0.3, -0.25) is 14.9 Å². The van der Waals surface area contributed by atoms with Gasteiger partial charge in [-0.25, -0.2) is 4.79 Å². The minimum absolute atomic E-state index is 0.286. The lowest BCUT2D eigenvalue weighted by molar-refractivity contribution is -0.385. The predicted molar refractivity (Wildman–Crippen MR) is 95.4 cm³/mol. The van der Waals surface area contributed by atoms with E-state index in [0.29, 0.717) is 6.07 Å². The van der Waals surface area contributed by atoms with Gasteiger partial charge in [-0.2, -0.15) is 13.2 Å². The van der Waals surface area contributed by atoms with Crippen LogP contribution in [-0.4, -0.2) is 23.4 Å². The van der Waals surface area contributed by atoms with Gasteiger partial charge in [-0.05, 0) is 31.0 Å². The Kier molecular flexibility index (Phi) is 6.39. The monoisotopic (exact) mass is 416 g/mol. The second kappa shape index (κ2) is 8.38. The number of non-ortho nitro benzene ring substituents is 1. The van der Waals surface area contributed by atoms with Crippen molar-refractivity contribution in [3.8, 4) is 0 Å². The largest absolute Gasteiger partial charge is 0.451 e. The summed E-state index contributed by atoms with van der Waals surface area (Å²) in [4.78, 5) is 34.8. The van der Waals surface area contributed by atoms with E-state index in [0.717, 1.165) is 29.0 Å². The number of halogens is 3. The molecule has 11 heteroatoms. The SMILES string of the molecule is CCc1cc(C(=O)OCC(=O)Nc2ccc([N+](=O)[O-])cc2C(F)(F)F)sc1C. The van der Waals surface area contributed by atoms with E-state index in [4.69, 9.17) is 4.74 Å². The molecule has 0 aliphatic rings. The molecule has 1 N–H and O–H groups in total. The zero-order valence-electron chi connectivity index (χ0n) is 14.8. The molecule has 1 aromatic carbocycles. The van der Waals surface area contributed by atoms with Crippen molar-refractivity contribution in [2.24, 2.45) is 0 Å². The molecule has 0 radical (unpaired) electrons. The summed E-state index contributed by atoms with van der Waals surface area (Å²) < 4.78 is 44.1. The molecule has 1 aromatic heterocycles. The van der Waals surface area contributed by atoms with Gasteiger partial charge in [0.15, 0.2) is 6.61 Å². The number of carbonyl (C=O) groups excluding carboxylic acids is 2. The van der Waals surface area contributed by atoms with Gasteiger partial charge in [0.05, 0.1) is 16.2 Å². The number of nitro groups is 1. The quantitative estimate of drug-likeness (QED) is 0.429. The molecule has 0 aliphatic heterocycles. The highest BCUT2D eigenvalue weighted by molar-refractivity contribution is 7.14. The minimum atomic E-state index is -4.92. The minimum Gasteiger partial charge on any atom is -0.451 e. The lowest BCUT2D eigenvalue weighted by atomic mass is 10.1. The summed E-state index contributed by atoms with van der Waals surface area (Å²) in [7, 11) is 0. The maximum Gasteiger partial charge on any atom is 0.418 e. The smallest absolute Gasteiger partial charge is 0.418 e. The number of rotatable bonds is 6. The number of aryl methyl sites for hydroxylation is 2. The third-order valence-corrected chi connectivity index (χ3v) is 4.80. The molecule has 0 aliphatic carbocycles. The second-order valence-electron chi connectivity index (χ2n) is 5.65. The summed E-state index contributed by atoms with van der Waals surface area (Å²) in [6.07, 6.45) is -4.20. The highest BCUT2D eigenvalue weighted by Gasteiger charge is 2.35. The Labute approximate surface area is 161 Å². The molecular weight excluding hydrogens is 401 g/mol. The van der Waals surface area contributed by atoms with Gasteiger partial charge in [0.1, 0.15) is 4.88 Å². The van der Waals surface area contributed by atoms with Gasteiger partial charge >= 0.3 is 12.1 Å². The summed E-state index contributed by atoms with van der Waals surface area (Å²) in [6.45, 7) is 2.95. The number of carbonyl (C=O) groups is 2. The summed E-state index contributed by atoms with van der Waals surface area (Å²) in [6, 6.07) is 3.56. The maximum atomic E-state index is 13.1. The fourth-order valence-electron chi connectivity index (χ4n) is 2.35. The van der Waals surface area contributed by atoms with Crippen molar-refractivity contribution in [1.82, 2.24) is 0 Å². The van der Waals surface area contributed by atoms with Crippen molar-refractivity contribution < 1.29 is 32.4 Å². The van der Waals surface area contributed by atoms with Gasteiger partial charge in [-0.1, -0.05) is 6.92 Å². The molecule has 0 saturated heterocycles. The van der Waals surface area contributed by atoms with Crippen LogP contribution in [-0.2, 0) is 22.1 Å². The topological polar surface area (TPSA) is 98.5 Å². The fourth-order valence-corrected chi connectivity index (χ4v) is 3.36. The molecule has 0 unspecified atom stereocenters. The third-order valence-electron chi connectivity index (χ3n) is 3.73. The molecule has 0 fully saturated rings. The lowest BCUT2D eigenvalue weighted by Crippen LogP contribution is -2.22. The number of nitrogens with one attached hydrogen (secondary N) is 1. The van der Waals surface area contributed by atoms with Crippen LogP contribution < -0.4 is 5.32 Å². The van der Waals surface area contributed by atoms with Crippen LogP contribution in [0.3, 0.4) is 0 Å². The average molecular weight is 416 g/mol. The van der Waals surface area contributed by atoms with E-state index < -0.39 is 46.5 Å². The van der Waals surface area contributed by atoms with Crippen molar-refractivity contribution in [1.29, 1.82) is 0 Å². The molecule has 2 rings (SSSR count). The van der Waals surface area contributed by atoms with Gasteiger partial charge in [0.25, 0.3) is 11.6 Å². The normalized spacial score (nSPS) is 11.2. The molecule has 1 heterocycles. The van der Waals surface area contributed by atoms with Crippen LogP contribution in [0.2, 0.25) is 0 Å².